The zero-order valence-corrected chi connectivity index (χ0v) is 9.38. The van der Waals surface area contributed by atoms with Crippen LogP contribution in [0.25, 0.3) is 0 Å². The fourth-order valence-corrected chi connectivity index (χ4v) is 1.59. The van der Waals surface area contributed by atoms with Gasteiger partial charge in [-0.3, -0.25) is 0 Å². The first kappa shape index (κ1) is 13.5. The van der Waals surface area contributed by atoms with Crippen LogP contribution in [-0.4, -0.2) is 6.54 Å². The summed E-state index contributed by atoms with van der Waals surface area (Å²) in [4.78, 5) is 0. The smallest absolute Gasteiger partial charge is 0.309 e. The lowest BCUT2D eigenvalue weighted by Crippen LogP contribution is -2.22. The molecule has 1 aromatic carbocycles. The molecular weight excluding hydrogens is 229 g/mol. The summed E-state index contributed by atoms with van der Waals surface area (Å²) in [5.41, 5.74) is -0.421. The van der Waals surface area contributed by atoms with Gasteiger partial charge in [-0.2, -0.15) is 18.4 Å². The van der Waals surface area contributed by atoms with Crippen molar-refractivity contribution >= 4 is 0 Å². The summed E-state index contributed by atoms with van der Waals surface area (Å²) in [6.45, 7) is 2.03. The van der Waals surface area contributed by atoms with E-state index in [0.29, 0.717) is 6.54 Å². The summed E-state index contributed by atoms with van der Waals surface area (Å²) in [5.74, 6) is 0. The van der Waals surface area contributed by atoms with Crippen LogP contribution in [-0.2, 0) is 6.18 Å². The van der Waals surface area contributed by atoms with E-state index in [-0.39, 0.29) is 12.0 Å². The van der Waals surface area contributed by atoms with E-state index in [9.17, 15) is 13.2 Å². The summed E-state index contributed by atoms with van der Waals surface area (Å²) >= 11 is 0. The highest BCUT2D eigenvalue weighted by atomic mass is 19.4. The number of alkyl halides is 3. The second-order valence-corrected chi connectivity index (χ2v) is 3.67. The van der Waals surface area contributed by atoms with Crippen molar-refractivity contribution in [3.63, 3.8) is 0 Å². The fourth-order valence-electron chi connectivity index (χ4n) is 1.59. The van der Waals surface area contributed by atoms with Gasteiger partial charge in [-0.25, -0.2) is 0 Å². The van der Waals surface area contributed by atoms with Gasteiger partial charge in [0, 0.05) is 19.0 Å². The van der Waals surface area contributed by atoms with E-state index in [1.807, 2.05) is 6.07 Å². The third kappa shape index (κ3) is 3.75. The summed E-state index contributed by atoms with van der Waals surface area (Å²) < 4.78 is 38.2. The number of halogens is 3. The quantitative estimate of drug-likeness (QED) is 0.822. The number of nitrogens with zero attached hydrogens (tertiary/aromatic N) is 1. The molecule has 0 amide bonds. The van der Waals surface area contributed by atoms with Crippen LogP contribution in [0.4, 0.5) is 13.2 Å². The standard InChI is InChI=1S/C12H13F3N2/c1-9(17-8-4-7-16)10-5-2-3-6-11(10)12(13,14)15/h2-3,5-6,9,17H,4,8H2,1H3. The minimum atomic E-state index is -4.35. The Morgan fingerprint density at radius 1 is 1.35 bits per heavy atom. The van der Waals surface area contributed by atoms with Crippen molar-refractivity contribution in [3.05, 3.63) is 35.4 Å². The predicted octanol–water partition coefficient (Wildman–Crippen LogP) is 3.27. The predicted molar refractivity (Wildman–Crippen MR) is 58.1 cm³/mol. The van der Waals surface area contributed by atoms with Gasteiger partial charge in [0.25, 0.3) is 0 Å². The minimum absolute atomic E-state index is 0.206. The second-order valence-electron chi connectivity index (χ2n) is 3.67. The summed E-state index contributed by atoms with van der Waals surface area (Å²) in [6, 6.07) is 6.97. The van der Waals surface area contributed by atoms with Gasteiger partial charge in [-0.1, -0.05) is 18.2 Å². The highest BCUT2D eigenvalue weighted by Gasteiger charge is 2.33. The van der Waals surface area contributed by atoms with Crippen LogP contribution in [0.1, 0.15) is 30.5 Å². The topological polar surface area (TPSA) is 35.8 Å². The van der Waals surface area contributed by atoms with Crippen molar-refractivity contribution in [2.45, 2.75) is 25.6 Å². The summed E-state index contributed by atoms with van der Waals surface area (Å²) in [5, 5.41) is 11.3. The molecule has 5 heteroatoms. The molecule has 1 atom stereocenters. The molecule has 0 saturated carbocycles. The van der Waals surface area contributed by atoms with Gasteiger partial charge < -0.3 is 5.32 Å². The number of nitrogens with one attached hydrogen (secondary N) is 1. The highest BCUT2D eigenvalue weighted by molar-refractivity contribution is 5.32. The van der Waals surface area contributed by atoms with Gasteiger partial charge in [0.05, 0.1) is 11.6 Å². The molecule has 0 bridgehead atoms. The van der Waals surface area contributed by atoms with Gasteiger partial charge in [0.2, 0.25) is 0 Å². The summed E-state index contributed by atoms with van der Waals surface area (Å²) in [6.07, 6.45) is -4.07. The molecule has 0 spiro atoms. The number of hydrogen-bond donors (Lipinski definition) is 1. The van der Waals surface area contributed by atoms with Crippen molar-refractivity contribution in [2.24, 2.45) is 0 Å². The molecule has 92 valence electrons. The Balaban J connectivity index is 2.86. The normalized spacial score (nSPS) is 13.1. The van der Waals surface area contributed by atoms with Crippen LogP contribution in [0.3, 0.4) is 0 Å². The molecule has 1 unspecified atom stereocenters. The molecule has 0 heterocycles. The Hall–Kier alpha value is -1.54. The monoisotopic (exact) mass is 242 g/mol. The molecule has 0 aliphatic carbocycles. The van der Waals surface area contributed by atoms with Crippen molar-refractivity contribution in [3.8, 4) is 6.07 Å². The van der Waals surface area contributed by atoms with Crippen LogP contribution in [0, 0.1) is 11.3 Å². The maximum absolute atomic E-state index is 12.7. The average molecular weight is 242 g/mol. The molecule has 0 aliphatic rings. The van der Waals surface area contributed by atoms with E-state index >= 15 is 0 Å². The number of hydrogen-bond acceptors (Lipinski definition) is 2. The van der Waals surface area contributed by atoms with Gasteiger partial charge in [-0.15, -0.1) is 0 Å². The number of benzene rings is 1. The largest absolute Gasteiger partial charge is 0.416 e. The van der Waals surface area contributed by atoms with E-state index in [2.05, 4.69) is 5.32 Å². The number of rotatable bonds is 4. The van der Waals surface area contributed by atoms with Crippen LogP contribution in [0.2, 0.25) is 0 Å². The van der Waals surface area contributed by atoms with Crippen LogP contribution < -0.4 is 5.32 Å². The van der Waals surface area contributed by atoms with E-state index in [1.165, 1.54) is 12.1 Å². The first-order valence-electron chi connectivity index (χ1n) is 5.23. The van der Waals surface area contributed by atoms with E-state index in [0.717, 1.165) is 6.07 Å². The molecule has 2 nitrogen and oxygen atoms in total. The van der Waals surface area contributed by atoms with Crippen molar-refractivity contribution in [1.29, 1.82) is 5.26 Å². The third-order valence-corrected chi connectivity index (χ3v) is 2.42. The first-order chi connectivity index (χ1) is 7.96. The van der Waals surface area contributed by atoms with Crippen molar-refractivity contribution in [1.82, 2.24) is 5.32 Å². The van der Waals surface area contributed by atoms with Crippen LogP contribution in [0.15, 0.2) is 24.3 Å². The van der Waals surface area contributed by atoms with Gasteiger partial charge in [-0.05, 0) is 18.6 Å². The van der Waals surface area contributed by atoms with Gasteiger partial charge >= 0.3 is 6.18 Å². The zero-order valence-electron chi connectivity index (χ0n) is 9.38. The lowest BCUT2D eigenvalue weighted by Gasteiger charge is -2.18. The van der Waals surface area contributed by atoms with E-state index in [1.54, 1.807) is 13.0 Å². The Labute approximate surface area is 98.1 Å². The fraction of sp³-hybridized carbons (Fsp3) is 0.417. The molecule has 0 radical (unpaired) electrons. The summed E-state index contributed by atoms with van der Waals surface area (Å²) in [7, 11) is 0. The zero-order chi connectivity index (χ0) is 12.9. The van der Waals surface area contributed by atoms with Crippen molar-refractivity contribution in [2.75, 3.05) is 6.54 Å². The molecule has 0 aromatic heterocycles. The maximum Gasteiger partial charge on any atom is 0.416 e. The second kappa shape index (κ2) is 5.69. The Morgan fingerprint density at radius 2 is 2.00 bits per heavy atom. The molecule has 0 saturated heterocycles. The molecule has 0 aliphatic heterocycles. The molecule has 1 rings (SSSR count). The molecule has 0 fully saturated rings. The van der Waals surface area contributed by atoms with E-state index in [4.69, 9.17) is 5.26 Å². The van der Waals surface area contributed by atoms with Gasteiger partial charge in [0.15, 0.2) is 0 Å². The Kier molecular flexibility index (Phi) is 4.53. The molecule has 17 heavy (non-hydrogen) atoms. The Morgan fingerprint density at radius 3 is 2.59 bits per heavy atom. The third-order valence-electron chi connectivity index (χ3n) is 2.42. The average Bonchev–Trinajstić information content (AvgIpc) is 2.28. The van der Waals surface area contributed by atoms with Crippen LogP contribution in [0.5, 0.6) is 0 Å². The molecule has 1 N–H and O–H groups in total. The number of nitriles is 1. The van der Waals surface area contributed by atoms with E-state index < -0.39 is 17.8 Å². The van der Waals surface area contributed by atoms with Crippen LogP contribution >= 0.6 is 0 Å². The lowest BCUT2D eigenvalue weighted by atomic mass is 10.0. The molecule has 1 aromatic rings. The maximum atomic E-state index is 12.7. The van der Waals surface area contributed by atoms with Crippen molar-refractivity contribution < 1.29 is 13.2 Å². The molecular formula is C12H13F3N2. The first-order valence-corrected chi connectivity index (χ1v) is 5.23. The Bertz CT molecular complexity index is 407. The SMILES string of the molecule is CC(NCCC#N)c1ccccc1C(F)(F)F. The minimum Gasteiger partial charge on any atom is -0.309 e. The highest BCUT2D eigenvalue weighted by Crippen LogP contribution is 2.34. The van der Waals surface area contributed by atoms with Gasteiger partial charge in [0.1, 0.15) is 0 Å². The lowest BCUT2D eigenvalue weighted by molar-refractivity contribution is -0.138.